The molecule has 6 heteroatoms. The summed E-state index contributed by atoms with van der Waals surface area (Å²) in [5.41, 5.74) is 3.84. The summed E-state index contributed by atoms with van der Waals surface area (Å²) >= 11 is 0. The molecule has 0 aliphatic rings. The van der Waals surface area contributed by atoms with Crippen molar-refractivity contribution in [2.45, 2.75) is 20.8 Å². The fourth-order valence-corrected chi connectivity index (χ4v) is 3.03. The van der Waals surface area contributed by atoms with Gasteiger partial charge in [-0.3, -0.25) is 4.79 Å². The molecule has 0 saturated carbocycles. The van der Waals surface area contributed by atoms with Crippen molar-refractivity contribution in [3.8, 4) is 28.4 Å². The van der Waals surface area contributed by atoms with Crippen LogP contribution in [-0.4, -0.2) is 36.5 Å². The van der Waals surface area contributed by atoms with Crippen LogP contribution in [0, 0.1) is 12.8 Å². The first-order valence-corrected chi connectivity index (χ1v) is 9.60. The highest BCUT2D eigenvalue weighted by Crippen LogP contribution is 2.33. The average molecular weight is 393 g/mol. The molecule has 0 bridgehead atoms. The zero-order valence-electron chi connectivity index (χ0n) is 17.5. The number of nitrogens with zero attached hydrogens (tertiary/aromatic N) is 2. The number of carbonyl (C=O) groups excluding carboxylic acids is 1. The number of aryl methyl sites for hydroxylation is 1. The average Bonchev–Trinajstić information content (AvgIpc) is 3.16. The Labute approximate surface area is 171 Å². The highest BCUT2D eigenvalue weighted by Gasteiger charge is 2.20. The maximum atomic E-state index is 12.9. The fraction of sp³-hybridized carbons (Fsp3) is 0.304. The van der Waals surface area contributed by atoms with Gasteiger partial charge >= 0.3 is 0 Å². The normalized spacial score (nSPS) is 10.8. The van der Waals surface area contributed by atoms with E-state index in [0.29, 0.717) is 35.3 Å². The highest BCUT2D eigenvalue weighted by molar-refractivity contribution is 5.94. The number of benzene rings is 2. The van der Waals surface area contributed by atoms with Crippen molar-refractivity contribution < 1.29 is 14.3 Å². The molecule has 3 aromatic rings. The van der Waals surface area contributed by atoms with Crippen molar-refractivity contribution in [3.05, 3.63) is 59.8 Å². The first-order valence-electron chi connectivity index (χ1n) is 9.60. The SMILES string of the molecule is COc1ccc(-c2cc(C(=O)NCC(C)C)n(-c3cccc(C)c3)n2)c(OC)c1. The van der Waals surface area contributed by atoms with E-state index >= 15 is 0 Å². The van der Waals surface area contributed by atoms with Crippen LogP contribution in [-0.2, 0) is 0 Å². The van der Waals surface area contributed by atoms with E-state index in [2.05, 4.69) is 19.2 Å². The summed E-state index contributed by atoms with van der Waals surface area (Å²) in [6, 6.07) is 15.2. The quantitative estimate of drug-likeness (QED) is 0.652. The van der Waals surface area contributed by atoms with Gasteiger partial charge in [0.25, 0.3) is 5.91 Å². The van der Waals surface area contributed by atoms with Gasteiger partial charge in [0.2, 0.25) is 0 Å². The van der Waals surface area contributed by atoms with E-state index in [1.807, 2.05) is 43.3 Å². The second-order valence-electron chi connectivity index (χ2n) is 7.34. The number of aromatic nitrogens is 2. The fourth-order valence-electron chi connectivity index (χ4n) is 3.03. The van der Waals surface area contributed by atoms with Crippen LogP contribution in [0.15, 0.2) is 48.5 Å². The Bertz CT molecular complexity index is 1010. The van der Waals surface area contributed by atoms with Gasteiger partial charge in [0.1, 0.15) is 17.2 Å². The lowest BCUT2D eigenvalue weighted by Crippen LogP contribution is -2.29. The summed E-state index contributed by atoms with van der Waals surface area (Å²) in [5, 5.41) is 7.72. The summed E-state index contributed by atoms with van der Waals surface area (Å²) in [5.74, 6) is 1.52. The number of amides is 1. The molecule has 1 aromatic heterocycles. The standard InChI is InChI=1S/C23H27N3O3/c1-15(2)14-24-23(27)21-13-20(19-10-9-18(28-4)12-22(19)29-5)25-26(21)17-8-6-7-16(3)11-17/h6-13,15H,14H2,1-5H3,(H,24,27). The number of hydrogen-bond acceptors (Lipinski definition) is 4. The van der Waals surface area contributed by atoms with Gasteiger partial charge in [-0.25, -0.2) is 4.68 Å². The summed E-state index contributed by atoms with van der Waals surface area (Å²) in [6.45, 7) is 6.73. The molecule has 0 aliphatic carbocycles. The van der Waals surface area contributed by atoms with E-state index in [4.69, 9.17) is 14.6 Å². The molecule has 3 rings (SSSR count). The lowest BCUT2D eigenvalue weighted by molar-refractivity contribution is 0.0941. The molecule has 29 heavy (non-hydrogen) atoms. The molecule has 6 nitrogen and oxygen atoms in total. The third-order valence-corrected chi connectivity index (χ3v) is 4.54. The number of rotatable bonds is 7. The Morgan fingerprint density at radius 3 is 2.55 bits per heavy atom. The Kier molecular flexibility index (Phi) is 6.22. The van der Waals surface area contributed by atoms with Crippen LogP contribution in [0.4, 0.5) is 0 Å². The zero-order chi connectivity index (χ0) is 21.0. The lowest BCUT2D eigenvalue weighted by Gasteiger charge is -2.10. The summed E-state index contributed by atoms with van der Waals surface area (Å²) in [6.07, 6.45) is 0. The third kappa shape index (κ3) is 4.59. The van der Waals surface area contributed by atoms with Crippen LogP contribution < -0.4 is 14.8 Å². The van der Waals surface area contributed by atoms with E-state index in [9.17, 15) is 4.79 Å². The van der Waals surface area contributed by atoms with Gasteiger partial charge in [0.15, 0.2) is 0 Å². The van der Waals surface area contributed by atoms with Crippen LogP contribution in [0.2, 0.25) is 0 Å². The van der Waals surface area contributed by atoms with Crippen LogP contribution in [0.1, 0.15) is 29.9 Å². The van der Waals surface area contributed by atoms with E-state index < -0.39 is 0 Å². The minimum absolute atomic E-state index is 0.161. The predicted molar refractivity (Wildman–Crippen MR) is 114 cm³/mol. The van der Waals surface area contributed by atoms with Crippen LogP contribution in [0.25, 0.3) is 16.9 Å². The summed E-state index contributed by atoms with van der Waals surface area (Å²) in [7, 11) is 3.21. The lowest BCUT2D eigenvalue weighted by atomic mass is 10.1. The molecular formula is C23H27N3O3. The molecule has 152 valence electrons. The number of hydrogen-bond donors (Lipinski definition) is 1. The smallest absolute Gasteiger partial charge is 0.270 e. The van der Waals surface area contributed by atoms with Gasteiger partial charge in [-0.15, -0.1) is 0 Å². The van der Waals surface area contributed by atoms with Gasteiger partial charge in [-0.2, -0.15) is 5.10 Å². The molecule has 0 atom stereocenters. The monoisotopic (exact) mass is 393 g/mol. The molecule has 0 fully saturated rings. The van der Waals surface area contributed by atoms with E-state index in [-0.39, 0.29) is 5.91 Å². The molecule has 0 unspecified atom stereocenters. The molecule has 0 radical (unpaired) electrons. The second kappa shape index (κ2) is 8.82. The van der Waals surface area contributed by atoms with Crippen LogP contribution >= 0.6 is 0 Å². The Morgan fingerprint density at radius 2 is 1.90 bits per heavy atom. The number of ether oxygens (including phenoxy) is 2. The third-order valence-electron chi connectivity index (χ3n) is 4.54. The molecule has 1 amide bonds. The van der Waals surface area contributed by atoms with Crippen molar-refractivity contribution in [2.24, 2.45) is 5.92 Å². The Morgan fingerprint density at radius 1 is 1.10 bits per heavy atom. The molecule has 1 heterocycles. The van der Waals surface area contributed by atoms with Crippen LogP contribution in [0.5, 0.6) is 11.5 Å². The maximum Gasteiger partial charge on any atom is 0.270 e. The Balaban J connectivity index is 2.11. The topological polar surface area (TPSA) is 65.4 Å². The van der Waals surface area contributed by atoms with Crippen molar-refractivity contribution >= 4 is 5.91 Å². The predicted octanol–water partition coefficient (Wildman–Crippen LogP) is 4.25. The largest absolute Gasteiger partial charge is 0.497 e. The molecular weight excluding hydrogens is 366 g/mol. The number of carbonyl (C=O) groups is 1. The molecule has 0 aliphatic heterocycles. The maximum absolute atomic E-state index is 12.9. The molecule has 1 N–H and O–H groups in total. The van der Waals surface area contributed by atoms with E-state index in [1.165, 1.54) is 0 Å². The number of nitrogens with one attached hydrogen (secondary N) is 1. The minimum Gasteiger partial charge on any atom is -0.497 e. The first-order chi connectivity index (χ1) is 13.9. The van der Waals surface area contributed by atoms with Crippen molar-refractivity contribution in [3.63, 3.8) is 0 Å². The van der Waals surface area contributed by atoms with E-state index in [1.54, 1.807) is 31.0 Å². The molecule has 0 saturated heterocycles. The van der Waals surface area contributed by atoms with Gasteiger partial charge < -0.3 is 14.8 Å². The minimum atomic E-state index is -0.161. The van der Waals surface area contributed by atoms with E-state index in [0.717, 1.165) is 16.8 Å². The summed E-state index contributed by atoms with van der Waals surface area (Å²) < 4.78 is 12.5. The van der Waals surface area contributed by atoms with Crippen molar-refractivity contribution in [1.82, 2.24) is 15.1 Å². The van der Waals surface area contributed by atoms with Gasteiger partial charge in [-0.1, -0.05) is 26.0 Å². The number of methoxy groups -OCH3 is 2. The van der Waals surface area contributed by atoms with Crippen LogP contribution in [0.3, 0.4) is 0 Å². The second-order valence-corrected chi connectivity index (χ2v) is 7.34. The van der Waals surface area contributed by atoms with Crippen molar-refractivity contribution in [2.75, 3.05) is 20.8 Å². The van der Waals surface area contributed by atoms with Gasteiger partial charge in [-0.05, 0) is 48.7 Å². The van der Waals surface area contributed by atoms with Gasteiger partial charge in [0, 0.05) is 18.2 Å². The molecule has 2 aromatic carbocycles. The molecule has 0 spiro atoms. The first kappa shape index (κ1) is 20.5. The highest BCUT2D eigenvalue weighted by atomic mass is 16.5. The van der Waals surface area contributed by atoms with Crippen molar-refractivity contribution in [1.29, 1.82) is 0 Å². The zero-order valence-corrected chi connectivity index (χ0v) is 17.5. The summed E-state index contributed by atoms with van der Waals surface area (Å²) in [4.78, 5) is 12.9. The van der Waals surface area contributed by atoms with Gasteiger partial charge in [0.05, 0.1) is 25.6 Å². The Hall–Kier alpha value is -3.28.